The van der Waals surface area contributed by atoms with E-state index in [0.717, 1.165) is 35.4 Å². The van der Waals surface area contributed by atoms with Gasteiger partial charge in [-0.1, -0.05) is 85.0 Å². The lowest BCUT2D eigenvalue weighted by Crippen LogP contribution is -2.62. The number of imide groups is 1. The Balaban J connectivity index is 0.888. The SMILES string of the molecule is NC(=O)CC[C@H](NC(=O)[C@@H]1CC[C@@H]2CCN(C(=O)CCCCCC#Cc3cccc4c3CN(C3CCC(=O)NC3=O)C4=O)C[C@H](NC(=O)c3cc4cc(C(F)(F)P(=O)(O)O)ccc4o3)C(=O)N21)C(=O)NC(c1ccccc1)c1ccccc1. The van der Waals surface area contributed by atoms with E-state index in [0.29, 0.717) is 48.8 Å². The first-order valence-corrected chi connectivity index (χ1v) is 28.9. The zero-order valence-electron chi connectivity index (χ0n) is 44.9. The van der Waals surface area contributed by atoms with Gasteiger partial charge in [0, 0.05) is 73.4 Å². The highest BCUT2D eigenvalue weighted by Crippen LogP contribution is 2.59. The van der Waals surface area contributed by atoms with Gasteiger partial charge in [0.2, 0.25) is 41.4 Å². The van der Waals surface area contributed by atoms with E-state index in [1.807, 2.05) is 60.7 Å². The number of primary amides is 1. The Hall–Kier alpha value is -8.58. The number of nitrogens with zero attached hydrogens (tertiary/aromatic N) is 3. The van der Waals surface area contributed by atoms with Crippen molar-refractivity contribution in [3.05, 3.63) is 142 Å². The molecule has 4 aromatic carbocycles. The lowest BCUT2D eigenvalue weighted by molar-refractivity contribution is -0.145. The third kappa shape index (κ3) is 13.4. The van der Waals surface area contributed by atoms with Crippen LogP contribution in [0.5, 0.6) is 0 Å². The average molecular weight is 1160 g/mol. The van der Waals surface area contributed by atoms with Gasteiger partial charge in [0.15, 0.2) is 5.76 Å². The van der Waals surface area contributed by atoms with Gasteiger partial charge in [-0.3, -0.25) is 53.0 Å². The molecule has 434 valence electrons. The molecule has 0 bridgehead atoms. The van der Waals surface area contributed by atoms with Gasteiger partial charge in [0.05, 0.1) is 6.04 Å². The summed E-state index contributed by atoms with van der Waals surface area (Å²) in [5.74, 6) is 0.468. The summed E-state index contributed by atoms with van der Waals surface area (Å²) in [4.78, 5) is 145. The van der Waals surface area contributed by atoms with Gasteiger partial charge >= 0.3 is 13.3 Å². The van der Waals surface area contributed by atoms with Crippen LogP contribution in [0.1, 0.15) is 132 Å². The van der Waals surface area contributed by atoms with Crippen LogP contribution in [0.25, 0.3) is 11.0 Å². The van der Waals surface area contributed by atoms with Crippen molar-refractivity contribution < 1.29 is 70.7 Å². The van der Waals surface area contributed by atoms with Gasteiger partial charge in [-0.2, -0.15) is 8.78 Å². The first-order chi connectivity index (χ1) is 39.7. The molecule has 3 fully saturated rings. The van der Waals surface area contributed by atoms with Crippen molar-refractivity contribution in [2.75, 3.05) is 13.1 Å². The Labute approximate surface area is 475 Å². The number of hydrogen-bond donors (Lipinski definition) is 7. The quantitative estimate of drug-likeness (QED) is 0.0254. The molecule has 0 spiro atoms. The van der Waals surface area contributed by atoms with Crippen LogP contribution >= 0.6 is 7.60 Å². The summed E-state index contributed by atoms with van der Waals surface area (Å²) < 4.78 is 46.7. The van der Waals surface area contributed by atoms with Crippen LogP contribution in [-0.4, -0.2) is 121 Å². The molecular formula is C59H61F2N8O13P. The number of unbranched alkanes of at least 4 members (excludes halogenated alkanes) is 3. The summed E-state index contributed by atoms with van der Waals surface area (Å²) in [7, 11) is -5.96. The van der Waals surface area contributed by atoms with Crippen molar-refractivity contribution in [2.45, 2.75) is 126 Å². The lowest BCUT2D eigenvalue weighted by atomic mass is 9.98. The minimum atomic E-state index is -5.96. The standard InChI is InChI=1S/C59H61F2N8O13P/c60-59(61,83(79,80)81)39-21-26-47-38(31-39)32-48(82-47)56(76)64-44-34-67(51(72)20-11-3-1-2-6-13-35-18-12-19-41-42(35)33-68(57(41)77)45-25-28-50(71)65-54(45)74)30-29-40-22-24-46(69(40)58(44)78)55(75)63-43(23-27-49(62)70)53(73)66-52(36-14-7-4-8-15-36)37-16-9-5-10-17-37/h4-5,7-10,12,14-19,21,26,31-32,40,43-46,52H,1-3,11,20,22-25,27-30,33-34H2,(H2,62,70)(H,63,75)(H,64,76)(H,66,73)(H,65,71,74)(H2,79,80,81)/t40-,43+,44+,45?,46+/m1/s1. The van der Waals surface area contributed by atoms with Gasteiger partial charge in [0.25, 0.3) is 11.8 Å². The Morgan fingerprint density at radius 1 is 0.843 bits per heavy atom. The van der Waals surface area contributed by atoms with E-state index in [2.05, 4.69) is 33.1 Å². The summed E-state index contributed by atoms with van der Waals surface area (Å²) >= 11 is 0. The highest BCUT2D eigenvalue weighted by molar-refractivity contribution is 7.52. The Bertz CT molecular complexity index is 3430. The summed E-state index contributed by atoms with van der Waals surface area (Å²) in [5.41, 5.74) is 3.08. The fraction of sp³-hybridized carbons (Fsp3) is 0.373. The van der Waals surface area contributed by atoms with Crippen LogP contribution in [0.3, 0.4) is 0 Å². The number of benzene rings is 4. The third-order valence-electron chi connectivity index (χ3n) is 15.5. The van der Waals surface area contributed by atoms with E-state index in [9.17, 15) is 61.5 Å². The van der Waals surface area contributed by atoms with E-state index >= 15 is 4.79 Å². The number of nitrogens with one attached hydrogen (secondary N) is 4. The highest BCUT2D eigenvalue weighted by Gasteiger charge is 2.51. The van der Waals surface area contributed by atoms with Crippen molar-refractivity contribution in [1.29, 1.82) is 0 Å². The van der Waals surface area contributed by atoms with Crippen LogP contribution in [0.2, 0.25) is 0 Å². The molecule has 0 radical (unpaired) electrons. The van der Waals surface area contributed by atoms with Gasteiger partial charge in [-0.15, -0.1) is 0 Å². The molecular weight excluding hydrogens is 1100 g/mol. The summed E-state index contributed by atoms with van der Waals surface area (Å²) in [5, 5.41) is 10.6. The predicted octanol–water partition coefficient (Wildman–Crippen LogP) is 4.77. The number of rotatable bonds is 19. The molecule has 9 rings (SSSR count). The van der Waals surface area contributed by atoms with E-state index < -0.39 is 96.3 Å². The minimum absolute atomic E-state index is 0.0570. The number of hydrogen-bond acceptors (Lipinski definition) is 11. The first kappa shape index (κ1) is 59.1. The summed E-state index contributed by atoms with van der Waals surface area (Å²) in [6.07, 6.45) is 2.70. The molecule has 0 aliphatic carbocycles. The van der Waals surface area contributed by atoms with E-state index in [4.69, 9.17) is 10.2 Å². The number of nitrogens with two attached hydrogens (primary N) is 1. The van der Waals surface area contributed by atoms with Crippen molar-refractivity contribution in [1.82, 2.24) is 36.0 Å². The molecule has 5 aromatic rings. The molecule has 24 heteroatoms. The second-order valence-corrected chi connectivity index (χ2v) is 22.7. The van der Waals surface area contributed by atoms with Crippen LogP contribution in [-0.2, 0) is 50.3 Å². The number of halogens is 2. The molecule has 1 unspecified atom stereocenters. The zero-order valence-corrected chi connectivity index (χ0v) is 45.8. The van der Waals surface area contributed by atoms with Crippen molar-refractivity contribution >= 4 is 71.7 Å². The molecule has 1 aromatic heterocycles. The molecule has 8 N–H and O–H groups in total. The van der Waals surface area contributed by atoms with Crippen molar-refractivity contribution in [2.24, 2.45) is 5.73 Å². The number of furan rings is 1. The van der Waals surface area contributed by atoms with Crippen LogP contribution in [0, 0.1) is 11.8 Å². The molecule has 3 saturated heterocycles. The molecule has 4 aliphatic heterocycles. The fourth-order valence-electron chi connectivity index (χ4n) is 11.1. The average Bonchev–Trinajstić information content (AvgIpc) is 4.43. The van der Waals surface area contributed by atoms with E-state index in [-0.39, 0.29) is 93.3 Å². The number of carbonyl (C=O) groups excluding carboxylic acids is 9. The largest absolute Gasteiger partial charge is 0.451 e. The highest BCUT2D eigenvalue weighted by atomic mass is 31.2. The smallest absolute Gasteiger partial charge is 0.399 e. The molecule has 4 aliphatic rings. The second kappa shape index (κ2) is 25.3. The molecule has 5 atom stereocenters. The van der Waals surface area contributed by atoms with Crippen LogP contribution in [0.15, 0.2) is 108 Å². The number of carbonyl (C=O) groups is 9. The zero-order chi connectivity index (χ0) is 59.2. The molecule has 83 heavy (non-hydrogen) atoms. The summed E-state index contributed by atoms with van der Waals surface area (Å²) in [6, 6.07) is 20.9. The number of piperidine rings is 1. The Kier molecular flexibility index (Phi) is 18.0. The summed E-state index contributed by atoms with van der Waals surface area (Å²) in [6.45, 7) is -0.0782. The Morgan fingerprint density at radius 3 is 2.25 bits per heavy atom. The van der Waals surface area contributed by atoms with Gasteiger partial charge in [-0.05, 0) is 98.0 Å². The molecule has 0 saturated carbocycles. The van der Waals surface area contributed by atoms with Crippen molar-refractivity contribution in [3.63, 3.8) is 0 Å². The number of alkyl halides is 2. The van der Waals surface area contributed by atoms with Crippen LogP contribution < -0.4 is 27.0 Å². The number of fused-ring (bicyclic) bond motifs is 3. The maximum atomic E-state index is 15.0. The van der Waals surface area contributed by atoms with Crippen LogP contribution in [0.4, 0.5) is 8.78 Å². The molecule has 5 heterocycles. The fourth-order valence-corrected chi connectivity index (χ4v) is 11.6. The Morgan fingerprint density at radius 2 is 1.57 bits per heavy atom. The number of amides is 9. The van der Waals surface area contributed by atoms with Crippen molar-refractivity contribution in [3.8, 4) is 11.8 Å². The first-order valence-electron chi connectivity index (χ1n) is 27.3. The second-order valence-electron chi connectivity index (χ2n) is 21.0. The topological polar surface area (TPSA) is 308 Å². The van der Waals surface area contributed by atoms with Gasteiger partial charge < -0.3 is 50.6 Å². The normalized spacial score (nSPS) is 19.5. The molecule has 9 amide bonds. The molecule has 21 nitrogen and oxygen atoms in total. The van der Waals surface area contributed by atoms with Gasteiger partial charge in [0.1, 0.15) is 29.8 Å². The lowest BCUT2D eigenvalue weighted by Gasteiger charge is -2.39. The monoisotopic (exact) mass is 1160 g/mol. The van der Waals surface area contributed by atoms with E-state index in [1.54, 1.807) is 18.2 Å². The predicted molar refractivity (Wildman–Crippen MR) is 294 cm³/mol. The van der Waals surface area contributed by atoms with E-state index in [1.165, 1.54) is 14.7 Å². The van der Waals surface area contributed by atoms with Gasteiger partial charge in [-0.25, -0.2) is 0 Å². The maximum Gasteiger partial charge on any atom is 0.399 e. The third-order valence-corrected chi connectivity index (χ3v) is 16.5. The minimum Gasteiger partial charge on any atom is -0.451 e. The maximum absolute atomic E-state index is 15.0.